The van der Waals surface area contributed by atoms with Gasteiger partial charge in [-0.05, 0) is 42.5 Å². The highest BCUT2D eigenvalue weighted by Crippen LogP contribution is 2.26. The van der Waals surface area contributed by atoms with Crippen molar-refractivity contribution in [1.82, 2.24) is 10.2 Å². The molecule has 2 aromatic heterocycles. The topological polar surface area (TPSA) is 78.0 Å². The molecular formula is C17H17N3O2S. The number of hydrogen-bond donors (Lipinski definition) is 3. The Morgan fingerprint density at radius 1 is 1.35 bits per heavy atom. The van der Waals surface area contributed by atoms with Gasteiger partial charge < -0.3 is 10.4 Å². The molecule has 0 amide bonds. The van der Waals surface area contributed by atoms with Crippen LogP contribution >= 0.6 is 11.3 Å². The van der Waals surface area contributed by atoms with Crippen LogP contribution in [0, 0.1) is 13.8 Å². The number of aromatic nitrogens is 2. The maximum Gasteiger partial charge on any atom is 0.336 e. The van der Waals surface area contributed by atoms with Gasteiger partial charge >= 0.3 is 5.97 Å². The average molecular weight is 327 g/mol. The highest BCUT2D eigenvalue weighted by atomic mass is 32.1. The van der Waals surface area contributed by atoms with Crippen LogP contribution in [0.2, 0.25) is 0 Å². The lowest BCUT2D eigenvalue weighted by molar-refractivity contribution is 0.0696. The number of nitrogens with zero attached hydrogens (tertiary/aromatic N) is 1. The van der Waals surface area contributed by atoms with Gasteiger partial charge in [0.2, 0.25) is 0 Å². The summed E-state index contributed by atoms with van der Waals surface area (Å²) in [5.41, 5.74) is 6.07. The van der Waals surface area contributed by atoms with Crippen molar-refractivity contribution in [2.45, 2.75) is 20.4 Å². The molecule has 2 heterocycles. The Kier molecular flexibility index (Phi) is 4.16. The van der Waals surface area contributed by atoms with Crippen molar-refractivity contribution in [2.75, 3.05) is 5.32 Å². The molecule has 118 valence electrons. The summed E-state index contributed by atoms with van der Waals surface area (Å²) in [6.45, 7) is 4.35. The second-order valence-electron chi connectivity index (χ2n) is 5.42. The molecule has 3 aromatic rings. The Hall–Kier alpha value is -2.60. The SMILES string of the molecule is Cc1cc(C)c(C(=O)O)cc1NCc1cn[nH]c1-c1ccsc1. The number of aromatic carboxylic acids is 1. The first-order chi connectivity index (χ1) is 11.1. The predicted molar refractivity (Wildman–Crippen MR) is 92.1 cm³/mol. The van der Waals surface area contributed by atoms with Crippen LogP contribution in [-0.4, -0.2) is 21.3 Å². The van der Waals surface area contributed by atoms with E-state index in [0.717, 1.165) is 33.6 Å². The van der Waals surface area contributed by atoms with Crippen molar-refractivity contribution >= 4 is 23.0 Å². The van der Waals surface area contributed by atoms with E-state index in [-0.39, 0.29) is 0 Å². The minimum Gasteiger partial charge on any atom is -0.478 e. The summed E-state index contributed by atoms with van der Waals surface area (Å²) >= 11 is 1.64. The molecule has 0 atom stereocenters. The molecule has 1 aromatic carbocycles. The Morgan fingerprint density at radius 2 is 2.17 bits per heavy atom. The fraction of sp³-hybridized carbons (Fsp3) is 0.176. The molecule has 23 heavy (non-hydrogen) atoms. The van der Waals surface area contributed by atoms with Gasteiger partial charge in [0.1, 0.15) is 0 Å². The maximum absolute atomic E-state index is 11.3. The molecule has 0 aliphatic rings. The van der Waals surface area contributed by atoms with Gasteiger partial charge in [0.25, 0.3) is 0 Å². The maximum atomic E-state index is 11.3. The molecule has 0 fully saturated rings. The standard InChI is InChI=1S/C17H17N3O2S/c1-10-5-11(2)15(6-14(10)17(21)22)18-7-13-8-19-20-16(13)12-3-4-23-9-12/h3-6,8-9,18H,7H2,1-2H3,(H,19,20)(H,21,22). The van der Waals surface area contributed by atoms with Gasteiger partial charge in [-0.15, -0.1) is 0 Å². The van der Waals surface area contributed by atoms with Gasteiger partial charge in [0.15, 0.2) is 0 Å². The van der Waals surface area contributed by atoms with E-state index in [1.807, 2.05) is 31.4 Å². The monoisotopic (exact) mass is 327 g/mol. The van der Waals surface area contributed by atoms with Gasteiger partial charge in [-0.2, -0.15) is 16.4 Å². The third kappa shape index (κ3) is 3.12. The molecule has 0 radical (unpaired) electrons. The number of thiophene rings is 1. The molecule has 0 saturated heterocycles. The van der Waals surface area contributed by atoms with E-state index in [0.29, 0.717) is 12.1 Å². The smallest absolute Gasteiger partial charge is 0.336 e. The first-order valence-electron chi connectivity index (χ1n) is 7.19. The van der Waals surface area contributed by atoms with Crippen LogP contribution in [0.25, 0.3) is 11.3 Å². The number of anilines is 1. The number of H-pyrrole nitrogens is 1. The van der Waals surface area contributed by atoms with E-state index in [4.69, 9.17) is 0 Å². The van der Waals surface area contributed by atoms with Crippen LogP contribution in [0.5, 0.6) is 0 Å². The average Bonchev–Trinajstić information content (AvgIpc) is 3.16. The van der Waals surface area contributed by atoms with E-state index >= 15 is 0 Å². The highest BCUT2D eigenvalue weighted by molar-refractivity contribution is 7.08. The van der Waals surface area contributed by atoms with E-state index in [9.17, 15) is 9.90 Å². The van der Waals surface area contributed by atoms with Gasteiger partial charge in [-0.3, -0.25) is 5.10 Å². The largest absolute Gasteiger partial charge is 0.478 e. The third-order valence-electron chi connectivity index (χ3n) is 3.80. The minimum absolute atomic E-state index is 0.323. The summed E-state index contributed by atoms with van der Waals surface area (Å²) in [5, 5.41) is 23.8. The summed E-state index contributed by atoms with van der Waals surface area (Å²) < 4.78 is 0. The first-order valence-corrected chi connectivity index (χ1v) is 8.13. The van der Waals surface area contributed by atoms with Crippen LogP contribution in [0.1, 0.15) is 27.0 Å². The van der Waals surface area contributed by atoms with Crippen LogP contribution in [-0.2, 0) is 6.54 Å². The fourth-order valence-electron chi connectivity index (χ4n) is 2.57. The number of aryl methyl sites for hydroxylation is 2. The molecule has 3 rings (SSSR count). The molecule has 6 heteroatoms. The van der Waals surface area contributed by atoms with Crippen molar-refractivity contribution < 1.29 is 9.90 Å². The van der Waals surface area contributed by atoms with Crippen LogP contribution in [0.15, 0.2) is 35.2 Å². The lowest BCUT2D eigenvalue weighted by Crippen LogP contribution is -2.06. The summed E-state index contributed by atoms with van der Waals surface area (Å²) in [5.74, 6) is -0.909. The molecule has 3 N–H and O–H groups in total. The van der Waals surface area contributed by atoms with Crippen LogP contribution in [0.3, 0.4) is 0 Å². The van der Waals surface area contributed by atoms with E-state index in [1.165, 1.54) is 0 Å². The predicted octanol–water partition coefficient (Wildman–Crippen LogP) is 4.07. The fourth-order valence-corrected chi connectivity index (χ4v) is 3.21. The first kappa shape index (κ1) is 15.3. The number of nitrogens with one attached hydrogen (secondary N) is 2. The van der Waals surface area contributed by atoms with Gasteiger partial charge in [-0.1, -0.05) is 6.07 Å². The molecular weight excluding hydrogens is 310 g/mol. The summed E-state index contributed by atoms with van der Waals surface area (Å²) in [6.07, 6.45) is 1.79. The van der Waals surface area contributed by atoms with Gasteiger partial charge in [0, 0.05) is 28.7 Å². The summed E-state index contributed by atoms with van der Waals surface area (Å²) in [7, 11) is 0. The molecule has 5 nitrogen and oxygen atoms in total. The van der Waals surface area contributed by atoms with Crippen molar-refractivity contribution in [3.63, 3.8) is 0 Å². The van der Waals surface area contributed by atoms with Crippen molar-refractivity contribution in [3.8, 4) is 11.3 Å². The second-order valence-corrected chi connectivity index (χ2v) is 6.20. The number of aromatic amines is 1. The third-order valence-corrected chi connectivity index (χ3v) is 4.48. The van der Waals surface area contributed by atoms with E-state index in [2.05, 4.69) is 20.9 Å². The zero-order valence-corrected chi connectivity index (χ0v) is 13.7. The van der Waals surface area contributed by atoms with Crippen molar-refractivity contribution in [1.29, 1.82) is 0 Å². The van der Waals surface area contributed by atoms with E-state index in [1.54, 1.807) is 23.6 Å². The Morgan fingerprint density at radius 3 is 2.87 bits per heavy atom. The quantitative estimate of drug-likeness (QED) is 0.660. The van der Waals surface area contributed by atoms with Crippen LogP contribution < -0.4 is 5.32 Å². The van der Waals surface area contributed by atoms with Gasteiger partial charge in [0.05, 0.1) is 17.5 Å². The Balaban J connectivity index is 1.83. The zero-order chi connectivity index (χ0) is 16.4. The normalized spacial score (nSPS) is 10.7. The number of benzene rings is 1. The second kappa shape index (κ2) is 6.26. The van der Waals surface area contributed by atoms with Crippen LogP contribution in [0.4, 0.5) is 5.69 Å². The lowest BCUT2D eigenvalue weighted by Gasteiger charge is -2.12. The zero-order valence-electron chi connectivity index (χ0n) is 12.9. The number of rotatable bonds is 5. The van der Waals surface area contributed by atoms with Gasteiger partial charge in [-0.25, -0.2) is 4.79 Å². The number of hydrogen-bond acceptors (Lipinski definition) is 4. The van der Waals surface area contributed by atoms with Crippen molar-refractivity contribution in [2.24, 2.45) is 0 Å². The number of carboxylic acids is 1. The highest BCUT2D eigenvalue weighted by Gasteiger charge is 2.12. The summed E-state index contributed by atoms with van der Waals surface area (Å²) in [6, 6.07) is 5.62. The molecule has 0 spiro atoms. The lowest BCUT2D eigenvalue weighted by atomic mass is 10.0. The summed E-state index contributed by atoms with van der Waals surface area (Å²) in [4.78, 5) is 11.3. The Bertz CT molecular complexity index is 838. The minimum atomic E-state index is -0.909. The van der Waals surface area contributed by atoms with E-state index < -0.39 is 5.97 Å². The molecule has 0 aliphatic carbocycles. The molecule has 0 bridgehead atoms. The molecule has 0 unspecified atom stereocenters. The number of carbonyl (C=O) groups is 1. The molecule has 0 aliphatic heterocycles. The number of carboxylic acid groups (broad SMARTS) is 1. The molecule has 0 saturated carbocycles. The Labute approximate surface area is 138 Å². The van der Waals surface area contributed by atoms with Crippen molar-refractivity contribution in [3.05, 3.63) is 57.4 Å².